The maximum Gasteiger partial charge on any atom is -0.0232 e. The van der Waals surface area contributed by atoms with E-state index in [2.05, 4.69) is 26.8 Å². The van der Waals surface area contributed by atoms with Crippen molar-refractivity contribution in [3.05, 3.63) is 11.6 Å². The summed E-state index contributed by atoms with van der Waals surface area (Å²) in [5.41, 5.74) is 1.59. The number of allylic oxidation sites excluding steroid dienone is 2. The quantitative estimate of drug-likeness (QED) is 0.462. The molecule has 0 amide bonds. The van der Waals surface area contributed by atoms with Gasteiger partial charge in [-0.05, 0) is 31.6 Å². The Kier molecular flexibility index (Phi) is 11.5. The molecule has 0 spiro atoms. The van der Waals surface area contributed by atoms with Crippen molar-refractivity contribution in [2.75, 3.05) is 0 Å². The lowest BCUT2D eigenvalue weighted by Crippen LogP contribution is -2.08. The first-order valence-corrected chi connectivity index (χ1v) is 5.87. The van der Waals surface area contributed by atoms with Gasteiger partial charge in [0, 0.05) is 0 Å². The average Bonchev–Trinajstić information content (AvgIpc) is 2.18. The van der Waals surface area contributed by atoms with Crippen molar-refractivity contribution in [2.45, 2.75) is 61.3 Å². The summed E-state index contributed by atoms with van der Waals surface area (Å²) >= 11 is 0. The van der Waals surface area contributed by atoms with Crippen molar-refractivity contribution in [2.24, 2.45) is 11.8 Å². The van der Waals surface area contributed by atoms with E-state index in [4.69, 9.17) is 0 Å². The van der Waals surface area contributed by atoms with Crippen molar-refractivity contribution >= 4 is 0 Å². The van der Waals surface area contributed by atoms with Gasteiger partial charge in [0.1, 0.15) is 0 Å². The van der Waals surface area contributed by atoms with Crippen LogP contribution in [0.4, 0.5) is 0 Å². The van der Waals surface area contributed by atoms with Gasteiger partial charge in [-0.25, -0.2) is 0 Å². The van der Waals surface area contributed by atoms with Crippen LogP contribution in [0.15, 0.2) is 11.6 Å². The molecule has 1 aliphatic carbocycles. The first kappa shape index (κ1) is 15.2. The van der Waals surface area contributed by atoms with Gasteiger partial charge in [-0.3, -0.25) is 0 Å². The van der Waals surface area contributed by atoms with Crippen LogP contribution in [-0.4, -0.2) is 0 Å². The summed E-state index contributed by atoms with van der Waals surface area (Å²) in [5.74, 6) is 1.76. The molecule has 80 valence electrons. The van der Waals surface area contributed by atoms with E-state index in [0.717, 1.165) is 11.8 Å². The third-order valence-electron chi connectivity index (χ3n) is 2.38. The van der Waals surface area contributed by atoms with E-state index in [1.807, 2.05) is 27.7 Å². The van der Waals surface area contributed by atoms with Crippen LogP contribution >= 0.6 is 0 Å². The van der Waals surface area contributed by atoms with E-state index in [1.54, 1.807) is 5.57 Å². The predicted octanol–water partition coefficient (Wildman–Crippen LogP) is 5.05. The van der Waals surface area contributed by atoms with Crippen LogP contribution in [0.25, 0.3) is 0 Å². The van der Waals surface area contributed by atoms with Crippen molar-refractivity contribution in [1.29, 1.82) is 0 Å². The molecule has 0 bridgehead atoms. The molecule has 2 atom stereocenters. The Bertz CT molecular complexity index is 122. The van der Waals surface area contributed by atoms with E-state index < -0.39 is 0 Å². The first-order valence-electron chi connectivity index (χ1n) is 5.87. The molecule has 0 N–H and O–H groups in total. The molecule has 0 saturated carbocycles. The second-order valence-corrected chi connectivity index (χ2v) is 3.43. The van der Waals surface area contributed by atoms with Gasteiger partial charge >= 0.3 is 0 Å². The monoisotopic (exact) mass is 184 g/mol. The van der Waals surface area contributed by atoms with Crippen LogP contribution in [0.5, 0.6) is 0 Å². The van der Waals surface area contributed by atoms with Gasteiger partial charge in [0.25, 0.3) is 0 Å². The van der Waals surface area contributed by atoms with Crippen molar-refractivity contribution in [3.8, 4) is 0 Å². The highest BCUT2D eigenvalue weighted by Gasteiger charge is 2.13. The van der Waals surface area contributed by atoms with Crippen LogP contribution in [-0.2, 0) is 0 Å². The molecular formula is C13H28. The predicted molar refractivity (Wildman–Crippen MR) is 64.0 cm³/mol. The normalized spacial score (nSPS) is 25.9. The Morgan fingerprint density at radius 1 is 1.08 bits per heavy atom. The average molecular weight is 184 g/mol. The van der Waals surface area contributed by atoms with Crippen molar-refractivity contribution in [1.82, 2.24) is 0 Å². The maximum absolute atomic E-state index is 2.39. The molecule has 0 saturated heterocycles. The molecule has 0 aliphatic heterocycles. The summed E-state index contributed by atoms with van der Waals surface area (Å²) in [6, 6.07) is 0. The second-order valence-electron chi connectivity index (χ2n) is 3.43. The van der Waals surface area contributed by atoms with Gasteiger partial charge in [0.15, 0.2) is 0 Å². The number of rotatable bonds is 0. The molecular weight excluding hydrogens is 156 g/mol. The lowest BCUT2D eigenvalue weighted by atomic mass is 9.84. The second kappa shape index (κ2) is 9.83. The van der Waals surface area contributed by atoms with Gasteiger partial charge in [-0.2, -0.15) is 0 Å². The van der Waals surface area contributed by atoms with Gasteiger partial charge in [0.05, 0.1) is 0 Å². The van der Waals surface area contributed by atoms with Crippen molar-refractivity contribution < 1.29 is 0 Å². The largest absolute Gasteiger partial charge is 0.0851 e. The van der Waals surface area contributed by atoms with Gasteiger partial charge in [0.2, 0.25) is 0 Å². The molecule has 0 radical (unpaired) electrons. The molecule has 13 heavy (non-hydrogen) atoms. The first-order chi connectivity index (χ1) is 6.20. The SMILES string of the molecule is CC.CC.CC1=CCC(C)CC1C. The zero-order valence-electron chi connectivity index (χ0n) is 10.6. The Balaban J connectivity index is 0. The summed E-state index contributed by atoms with van der Waals surface area (Å²) in [6.07, 6.45) is 5.08. The van der Waals surface area contributed by atoms with E-state index in [9.17, 15) is 0 Å². The number of hydrogen-bond acceptors (Lipinski definition) is 0. The fraction of sp³-hybridized carbons (Fsp3) is 0.846. The molecule has 0 aromatic rings. The minimum absolute atomic E-state index is 0.841. The number of hydrogen-bond donors (Lipinski definition) is 0. The van der Waals surface area contributed by atoms with Gasteiger partial charge in [-0.1, -0.05) is 53.2 Å². The molecule has 1 aliphatic rings. The van der Waals surface area contributed by atoms with Crippen LogP contribution < -0.4 is 0 Å². The van der Waals surface area contributed by atoms with E-state index >= 15 is 0 Å². The molecule has 0 nitrogen and oxygen atoms in total. The minimum Gasteiger partial charge on any atom is -0.0851 e. The lowest BCUT2D eigenvalue weighted by molar-refractivity contribution is 0.430. The highest BCUT2D eigenvalue weighted by molar-refractivity contribution is 5.06. The Morgan fingerprint density at radius 3 is 1.85 bits per heavy atom. The molecule has 0 fully saturated rings. The molecule has 1 rings (SSSR count). The van der Waals surface area contributed by atoms with Crippen molar-refractivity contribution in [3.63, 3.8) is 0 Å². The fourth-order valence-electron chi connectivity index (χ4n) is 1.47. The summed E-state index contributed by atoms with van der Waals surface area (Å²) in [7, 11) is 0. The summed E-state index contributed by atoms with van der Waals surface area (Å²) < 4.78 is 0. The summed E-state index contributed by atoms with van der Waals surface area (Å²) in [4.78, 5) is 0. The Morgan fingerprint density at radius 2 is 1.54 bits per heavy atom. The lowest BCUT2D eigenvalue weighted by Gasteiger charge is -2.22. The molecule has 0 heteroatoms. The zero-order valence-corrected chi connectivity index (χ0v) is 10.6. The maximum atomic E-state index is 2.39. The van der Waals surface area contributed by atoms with Gasteiger partial charge < -0.3 is 0 Å². The summed E-state index contributed by atoms with van der Waals surface area (Å²) in [5, 5.41) is 0. The molecule has 2 unspecified atom stereocenters. The van der Waals surface area contributed by atoms with E-state index in [-0.39, 0.29) is 0 Å². The molecule has 0 heterocycles. The smallest absolute Gasteiger partial charge is 0.0232 e. The molecule has 0 aromatic heterocycles. The summed E-state index contributed by atoms with van der Waals surface area (Å²) in [6.45, 7) is 14.9. The van der Waals surface area contributed by atoms with Crippen LogP contribution in [0.2, 0.25) is 0 Å². The van der Waals surface area contributed by atoms with Crippen LogP contribution in [0.1, 0.15) is 61.3 Å². The van der Waals surface area contributed by atoms with Crippen LogP contribution in [0, 0.1) is 11.8 Å². The minimum atomic E-state index is 0.841. The van der Waals surface area contributed by atoms with Gasteiger partial charge in [-0.15, -0.1) is 0 Å². The highest BCUT2D eigenvalue weighted by atomic mass is 14.2. The van der Waals surface area contributed by atoms with Crippen LogP contribution in [0.3, 0.4) is 0 Å². The zero-order chi connectivity index (χ0) is 10.9. The third kappa shape index (κ3) is 6.86. The van der Waals surface area contributed by atoms with E-state index in [1.165, 1.54) is 12.8 Å². The third-order valence-corrected chi connectivity index (χ3v) is 2.38. The molecule has 0 aromatic carbocycles. The Hall–Kier alpha value is -0.260. The highest BCUT2D eigenvalue weighted by Crippen LogP contribution is 2.27. The topological polar surface area (TPSA) is 0 Å². The fourth-order valence-corrected chi connectivity index (χ4v) is 1.47. The van der Waals surface area contributed by atoms with E-state index in [0.29, 0.717) is 0 Å². The Labute approximate surface area is 85.4 Å². The standard InChI is InChI=1S/C9H16.2C2H6/c1-7-4-5-8(2)9(3)6-7;2*1-2/h5,7,9H,4,6H2,1-3H3;2*1-2H3.